The molecule has 0 unspecified atom stereocenters. The number of nitrogens with zero attached hydrogens (tertiary/aromatic N) is 2. The van der Waals surface area contributed by atoms with Gasteiger partial charge >= 0.3 is 0 Å². The van der Waals surface area contributed by atoms with E-state index in [0.29, 0.717) is 12.4 Å². The highest BCUT2D eigenvalue weighted by Crippen LogP contribution is 2.57. The van der Waals surface area contributed by atoms with Gasteiger partial charge in [0.05, 0.1) is 10.8 Å². The van der Waals surface area contributed by atoms with E-state index in [9.17, 15) is 8.42 Å². The van der Waals surface area contributed by atoms with Crippen molar-refractivity contribution in [2.24, 2.45) is 4.40 Å². The fourth-order valence-electron chi connectivity index (χ4n) is 6.40. The Morgan fingerprint density at radius 1 is 0.714 bits per heavy atom. The third-order valence-electron chi connectivity index (χ3n) is 8.41. The van der Waals surface area contributed by atoms with Gasteiger partial charge in [-0.25, -0.2) is 0 Å². The molecule has 5 aromatic rings. The zero-order chi connectivity index (χ0) is 28.7. The lowest BCUT2D eigenvalue weighted by Crippen LogP contribution is -2.65. The quantitative estimate of drug-likeness (QED) is 0.219. The zero-order valence-corrected chi connectivity index (χ0v) is 24.1. The highest BCUT2D eigenvalue weighted by Gasteiger charge is 2.60. The van der Waals surface area contributed by atoms with E-state index < -0.39 is 15.6 Å². The Balaban J connectivity index is 1.53. The first kappa shape index (κ1) is 26.2. The summed E-state index contributed by atoms with van der Waals surface area (Å²) in [5.74, 6) is 0.223. The third-order valence-corrected chi connectivity index (χ3v) is 9.70. The molecule has 0 amide bonds. The van der Waals surface area contributed by atoms with E-state index in [0.717, 1.165) is 39.0 Å². The van der Waals surface area contributed by atoms with Crippen LogP contribution in [0, 0.1) is 6.92 Å². The third kappa shape index (κ3) is 4.29. The van der Waals surface area contributed by atoms with Gasteiger partial charge in [0.2, 0.25) is 0 Å². The van der Waals surface area contributed by atoms with E-state index in [2.05, 4.69) is 94.2 Å². The van der Waals surface area contributed by atoms with Gasteiger partial charge in [0, 0.05) is 6.54 Å². The number of benzene rings is 5. The van der Waals surface area contributed by atoms with Crippen LogP contribution in [0.25, 0.3) is 5.57 Å². The van der Waals surface area contributed by atoms with Crippen molar-refractivity contribution in [3.05, 3.63) is 179 Å². The fourth-order valence-corrected chi connectivity index (χ4v) is 7.43. The highest BCUT2D eigenvalue weighted by atomic mass is 32.2. The Labute approximate surface area is 247 Å². The second-order valence-corrected chi connectivity index (χ2v) is 12.5. The van der Waals surface area contributed by atoms with E-state index in [1.165, 1.54) is 0 Å². The summed E-state index contributed by atoms with van der Waals surface area (Å²) in [4.78, 5) is 2.39. The molecule has 7 rings (SSSR count). The Morgan fingerprint density at radius 2 is 1.31 bits per heavy atom. The van der Waals surface area contributed by atoms with Crippen LogP contribution < -0.4 is 0 Å². The van der Waals surface area contributed by atoms with E-state index in [1.54, 1.807) is 12.1 Å². The predicted octanol–water partition coefficient (Wildman–Crippen LogP) is 7.72. The van der Waals surface area contributed by atoms with Gasteiger partial charge < -0.3 is 4.90 Å². The van der Waals surface area contributed by atoms with Crippen LogP contribution in [0.15, 0.2) is 155 Å². The van der Waals surface area contributed by atoms with Gasteiger partial charge in [0.1, 0.15) is 11.4 Å². The Morgan fingerprint density at radius 3 is 2.00 bits per heavy atom. The summed E-state index contributed by atoms with van der Waals surface area (Å²) in [6.07, 6.45) is 2.35. The molecule has 0 aliphatic carbocycles. The monoisotopic (exact) mass is 566 g/mol. The molecule has 1 fully saturated rings. The lowest BCUT2D eigenvalue weighted by atomic mass is 9.64. The molecule has 2 aliphatic heterocycles. The van der Waals surface area contributed by atoms with Gasteiger partial charge in [-0.1, -0.05) is 133 Å². The molecule has 42 heavy (non-hydrogen) atoms. The molecule has 0 N–H and O–H groups in total. The molecule has 0 bridgehead atoms. The first-order chi connectivity index (χ1) is 20.5. The van der Waals surface area contributed by atoms with Gasteiger partial charge in [-0.05, 0) is 58.5 Å². The normalized spacial score (nSPS) is 20.6. The number of hydrogen-bond acceptors (Lipinski definition) is 2. The summed E-state index contributed by atoms with van der Waals surface area (Å²) in [6, 6.07) is 46.3. The minimum absolute atomic E-state index is 0.195. The van der Waals surface area contributed by atoms with Crippen molar-refractivity contribution < 1.29 is 8.42 Å². The van der Waals surface area contributed by atoms with Crippen molar-refractivity contribution in [1.82, 2.24) is 4.90 Å². The molecule has 2 aliphatic rings. The van der Waals surface area contributed by atoms with Crippen molar-refractivity contribution in [2.45, 2.75) is 29.8 Å². The maximum Gasteiger partial charge on any atom is 0.283 e. The number of rotatable bonds is 5. The molecule has 5 aromatic carbocycles. The number of sulfonamides is 1. The van der Waals surface area contributed by atoms with E-state index in [4.69, 9.17) is 0 Å². The number of hydrogen-bond donors (Lipinski definition) is 0. The van der Waals surface area contributed by atoms with Crippen LogP contribution in [-0.4, -0.2) is 19.2 Å². The van der Waals surface area contributed by atoms with Gasteiger partial charge in [-0.15, -0.1) is 4.40 Å². The second-order valence-electron chi connectivity index (χ2n) is 10.9. The van der Waals surface area contributed by atoms with Crippen molar-refractivity contribution in [3.8, 4) is 0 Å². The van der Waals surface area contributed by atoms with Gasteiger partial charge in [0.15, 0.2) is 0 Å². The summed E-state index contributed by atoms with van der Waals surface area (Å²) in [5, 5.41) is 0. The average molecular weight is 567 g/mol. The highest BCUT2D eigenvalue weighted by molar-refractivity contribution is 7.90. The summed E-state index contributed by atoms with van der Waals surface area (Å²) in [5.41, 5.74) is 6.94. The minimum atomic E-state index is -3.97. The molecular weight excluding hydrogens is 536 g/mol. The molecule has 1 saturated heterocycles. The van der Waals surface area contributed by atoms with Crippen LogP contribution in [0.4, 0.5) is 0 Å². The molecule has 0 saturated carbocycles. The van der Waals surface area contributed by atoms with Crippen LogP contribution in [0.5, 0.6) is 0 Å². The molecule has 0 aromatic heterocycles. The van der Waals surface area contributed by atoms with Crippen molar-refractivity contribution in [3.63, 3.8) is 0 Å². The van der Waals surface area contributed by atoms with Crippen LogP contribution >= 0.6 is 0 Å². The number of amidine groups is 1. The fraction of sp³-hybridized carbons (Fsp3) is 0.108. The van der Waals surface area contributed by atoms with Crippen LogP contribution in [-0.2, 0) is 22.1 Å². The van der Waals surface area contributed by atoms with E-state index >= 15 is 0 Å². The average Bonchev–Trinajstić information content (AvgIpc) is 3.15. The van der Waals surface area contributed by atoms with Crippen LogP contribution in [0.1, 0.15) is 39.3 Å². The Hall–Kier alpha value is -4.74. The second kappa shape index (κ2) is 10.3. The molecule has 206 valence electrons. The summed E-state index contributed by atoms with van der Waals surface area (Å²) < 4.78 is 32.3. The van der Waals surface area contributed by atoms with Gasteiger partial charge in [-0.3, -0.25) is 0 Å². The largest absolute Gasteiger partial charge is 0.340 e. The van der Waals surface area contributed by atoms with E-state index in [-0.39, 0.29) is 10.8 Å². The smallest absolute Gasteiger partial charge is 0.283 e. The van der Waals surface area contributed by atoms with Crippen LogP contribution in [0.3, 0.4) is 0 Å². The molecule has 2 atom stereocenters. The summed E-state index contributed by atoms with van der Waals surface area (Å²) in [6.45, 7) is 2.46. The lowest BCUT2D eigenvalue weighted by Gasteiger charge is -2.59. The standard InChI is InChI=1S/C37H30N2O2S/c1-27-21-23-32(24-22-27)42(40,41)38-36-35(29-15-7-3-8-16-29)37(31-18-9-4-10-19-31)25-34(28-13-5-2-6-14-28)33-20-12-11-17-30(33)26-39(36)37/h2-25,35H,26H2,1H3/b38-36+/t35-,37-/m1/s1. The topological polar surface area (TPSA) is 49.7 Å². The zero-order valence-electron chi connectivity index (χ0n) is 23.3. The van der Waals surface area contributed by atoms with E-state index in [1.807, 2.05) is 55.5 Å². The predicted molar refractivity (Wildman–Crippen MR) is 169 cm³/mol. The Bertz CT molecular complexity index is 1920. The van der Waals surface area contributed by atoms with Crippen molar-refractivity contribution in [1.29, 1.82) is 0 Å². The molecule has 0 spiro atoms. The molecular formula is C37H30N2O2S. The number of aryl methyl sites for hydroxylation is 1. The molecule has 5 heteroatoms. The van der Waals surface area contributed by atoms with Crippen LogP contribution in [0.2, 0.25) is 0 Å². The maximum absolute atomic E-state index is 13.8. The summed E-state index contributed by atoms with van der Waals surface area (Å²) >= 11 is 0. The minimum Gasteiger partial charge on any atom is -0.340 e. The first-order valence-electron chi connectivity index (χ1n) is 14.1. The van der Waals surface area contributed by atoms with Crippen molar-refractivity contribution >= 4 is 21.4 Å². The SMILES string of the molecule is Cc1ccc(S(=O)(=O)/N=C2\[C@@H](c3ccccc3)[C@]3(c4ccccc4)C=C(c4ccccc4)c4ccccc4CN23)cc1. The summed E-state index contributed by atoms with van der Waals surface area (Å²) in [7, 11) is -3.97. The maximum atomic E-state index is 13.8. The van der Waals surface area contributed by atoms with Gasteiger partial charge in [0.25, 0.3) is 10.0 Å². The van der Waals surface area contributed by atoms with Gasteiger partial charge in [-0.2, -0.15) is 8.42 Å². The Kier molecular flexibility index (Phi) is 6.40. The van der Waals surface area contributed by atoms with Crippen molar-refractivity contribution in [2.75, 3.05) is 0 Å². The molecule has 2 heterocycles. The lowest BCUT2D eigenvalue weighted by molar-refractivity contribution is 0.131. The molecule has 4 nitrogen and oxygen atoms in total. The molecule has 0 radical (unpaired) electrons. The first-order valence-corrected chi connectivity index (χ1v) is 15.6. The number of fused-ring (bicyclic) bond motifs is 2.